The fraction of sp³-hybridized carbons (Fsp3) is 0.462. The van der Waals surface area contributed by atoms with E-state index in [-0.39, 0.29) is 6.86 Å². The van der Waals surface area contributed by atoms with Crippen LogP contribution in [-0.4, -0.2) is 4.98 Å². The van der Waals surface area contributed by atoms with E-state index >= 15 is 0 Å². The molecule has 0 bridgehead atoms. The van der Waals surface area contributed by atoms with E-state index in [0.717, 1.165) is 16.3 Å². The zero-order valence-electron chi connectivity index (χ0n) is 9.50. The van der Waals surface area contributed by atoms with Crippen molar-refractivity contribution in [3.63, 3.8) is 0 Å². The minimum absolute atomic E-state index is 0. The fourth-order valence-electron chi connectivity index (χ4n) is 2.07. The van der Waals surface area contributed by atoms with Crippen molar-refractivity contribution in [2.45, 2.75) is 27.2 Å². The molecule has 1 aromatic rings. The summed E-state index contributed by atoms with van der Waals surface area (Å²) in [6, 6.07) is 1.67. The largest absolute Gasteiger partial charge is 0.359 e. The van der Waals surface area contributed by atoms with E-state index in [1.807, 2.05) is 20.8 Å². The lowest BCUT2D eigenvalue weighted by atomic mass is 10.1. The summed E-state index contributed by atoms with van der Waals surface area (Å²) in [7, 11) is 0. The number of nitrogens with one attached hydrogen (secondary N) is 1. The smallest absolute Gasteiger partial charge is 0.189 e. The number of aromatic amines is 1. The van der Waals surface area contributed by atoms with Crippen molar-refractivity contribution < 1.29 is 1.43 Å². The van der Waals surface area contributed by atoms with E-state index in [2.05, 4.69) is 17.1 Å². The van der Waals surface area contributed by atoms with Crippen molar-refractivity contribution in [1.29, 1.82) is 0 Å². The van der Waals surface area contributed by atoms with Crippen LogP contribution in [0.3, 0.4) is 0 Å². The van der Waals surface area contributed by atoms with Crippen molar-refractivity contribution in [3.8, 4) is 0 Å². The molecule has 0 aliphatic heterocycles. The average molecular weight is 205 g/mol. The molecule has 0 aromatic carbocycles. The Morgan fingerprint density at radius 3 is 2.73 bits per heavy atom. The second kappa shape index (κ2) is 3.69. The van der Waals surface area contributed by atoms with Gasteiger partial charge in [-0.1, -0.05) is 26.0 Å². The second-order valence-corrected chi connectivity index (χ2v) is 4.04. The molecular formula is C13H19NO. The van der Waals surface area contributed by atoms with E-state index in [4.69, 9.17) is 0 Å². The summed E-state index contributed by atoms with van der Waals surface area (Å²) in [5, 5.41) is 1.91. The summed E-state index contributed by atoms with van der Waals surface area (Å²) in [6.45, 7) is 5.93. The van der Waals surface area contributed by atoms with Crippen LogP contribution in [0, 0.1) is 18.8 Å². The second-order valence-electron chi connectivity index (χ2n) is 4.04. The monoisotopic (exact) mass is 205 g/mol. The van der Waals surface area contributed by atoms with Crippen molar-refractivity contribution in [2.75, 3.05) is 0 Å². The van der Waals surface area contributed by atoms with Gasteiger partial charge in [-0.15, -0.1) is 0 Å². The quantitative estimate of drug-likeness (QED) is 0.677. The van der Waals surface area contributed by atoms with E-state index < -0.39 is 0 Å². The molecule has 2 atom stereocenters. The highest BCUT2D eigenvalue weighted by atomic mass is 16.1. The lowest BCUT2D eigenvalue weighted by Gasteiger charge is -1.99. The first-order chi connectivity index (χ1) is 7.24. The van der Waals surface area contributed by atoms with Crippen LogP contribution in [0.15, 0.2) is 10.9 Å². The molecule has 1 N–H and O–H groups in total. The standard InChI is InChI=1S/C11H11NO.C2H6.H2/c1-6-2-11(13)9-4-7-3-8(7)5-10(9)12-6;1-2;/h2,4-5,7-8,12H,3H2,1H3;1-2H3;1H. The molecule has 0 spiro atoms. The lowest BCUT2D eigenvalue weighted by Crippen LogP contribution is -2.42. The number of rotatable bonds is 0. The zero-order chi connectivity index (χ0) is 11.0. The van der Waals surface area contributed by atoms with E-state index in [9.17, 15) is 4.79 Å². The summed E-state index contributed by atoms with van der Waals surface area (Å²) in [5.41, 5.74) is 1.11. The zero-order valence-corrected chi connectivity index (χ0v) is 9.50. The first-order valence-electron chi connectivity index (χ1n) is 5.68. The highest BCUT2D eigenvalue weighted by Crippen LogP contribution is 2.41. The Morgan fingerprint density at radius 2 is 2.00 bits per heavy atom. The summed E-state index contributed by atoms with van der Waals surface area (Å²) < 4.78 is 0. The van der Waals surface area contributed by atoms with Crippen LogP contribution in [0.2, 0.25) is 0 Å². The van der Waals surface area contributed by atoms with E-state index in [1.54, 1.807) is 6.07 Å². The van der Waals surface area contributed by atoms with Crippen molar-refractivity contribution in [2.24, 2.45) is 11.8 Å². The molecule has 0 amide bonds. The van der Waals surface area contributed by atoms with Crippen LogP contribution < -0.4 is 16.0 Å². The molecular weight excluding hydrogens is 186 g/mol. The molecule has 2 heteroatoms. The van der Waals surface area contributed by atoms with Crippen LogP contribution in [0.25, 0.3) is 12.2 Å². The van der Waals surface area contributed by atoms with Gasteiger partial charge in [0.1, 0.15) is 0 Å². The average Bonchev–Trinajstić information content (AvgIpc) is 2.96. The molecule has 0 radical (unpaired) electrons. The van der Waals surface area contributed by atoms with Crippen molar-refractivity contribution in [3.05, 3.63) is 32.6 Å². The van der Waals surface area contributed by atoms with Gasteiger partial charge in [-0.25, -0.2) is 0 Å². The van der Waals surface area contributed by atoms with Gasteiger partial charge in [0.05, 0.1) is 0 Å². The number of hydrogen-bond donors (Lipinski definition) is 1. The first kappa shape index (κ1) is 10.2. The number of H-pyrrole nitrogens is 1. The molecule has 15 heavy (non-hydrogen) atoms. The molecule has 1 fully saturated rings. The maximum absolute atomic E-state index is 11.6. The van der Waals surface area contributed by atoms with Crippen LogP contribution in [-0.2, 0) is 0 Å². The number of hydrogen-bond acceptors (Lipinski definition) is 1. The van der Waals surface area contributed by atoms with Gasteiger partial charge in [0, 0.05) is 23.8 Å². The topological polar surface area (TPSA) is 32.9 Å². The third-order valence-electron chi connectivity index (χ3n) is 2.89. The molecule has 2 unspecified atom stereocenters. The summed E-state index contributed by atoms with van der Waals surface area (Å²) in [5.74, 6) is 1.35. The Hall–Kier alpha value is -1.31. The Balaban J connectivity index is 0.000000406. The molecule has 0 saturated heterocycles. The predicted molar refractivity (Wildman–Crippen MR) is 65.0 cm³/mol. The lowest BCUT2D eigenvalue weighted by molar-refractivity contribution is 1.01. The third-order valence-corrected chi connectivity index (χ3v) is 2.89. The minimum atomic E-state index is 0. The van der Waals surface area contributed by atoms with Crippen LogP contribution in [0.1, 0.15) is 27.4 Å². The Labute approximate surface area is 90.8 Å². The van der Waals surface area contributed by atoms with E-state index in [0.29, 0.717) is 11.8 Å². The summed E-state index contributed by atoms with van der Waals surface area (Å²) >= 11 is 0. The van der Waals surface area contributed by atoms with Gasteiger partial charge in [0.2, 0.25) is 0 Å². The van der Waals surface area contributed by atoms with Gasteiger partial charge in [-0.05, 0) is 25.2 Å². The van der Waals surface area contributed by atoms with Crippen molar-refractivity contribution in [1.82, 2.24) is 4.98 Å². The molecule has 82 valence electrons. The number of fused-ring (bicyclic) bond motifs is 2. The van der Waals surface area contributed by atoms with Gasteiger partial charge in [-0.3, -0.25) is 4.79 Å². The summed E-state index contributed by atoms with van der Waals surface area (Å²) in [6.07, 6.45) is 5.55. The minimum Gasteiger partial charge on any atom is -0.359 e. The molecule has 1 heterocycles. The number of aryl methyl sites for hydroxylation is 1. The normalized spacial score (nSPS) is 24.7. The number of pyridine rings is 1. The van der Waals surface area contributed by atoms with Crippen LogP contribution >= 0.6 is 0 Å². The number of aromatic nitrogens is 1. The Morgan fingerprint density at radius 1 is 1.33 bits per heavy atom. The summed E-state index contributed by atoms with van der Waals surface area (Å²) in [4.78, 5) is 14.8. The first-order valence-corrected chi connectivity index (χ1v) is 5.68. The van der Waals surface area contributed by atoms with Gasteiger partial charge in [-0.2, -0.15) is 0 Å². The molecule has 2 aliphatic carbocycles. The molecule has 1 saturated carbocycles. The van der Waals surface area contributed by atoms with Crippen LogP contribution in [0.5, 0.6) is 0 Å². The van der Waals surface area contributed by atoms with Crippen molar-refractivity contribution >= 4 is 12.2 Å². The molecule has 2 nitrogen and oxygen atoms in total. The SMILES string of the molecule is CC.Cc1cc(=O)c2c([nH]1)=CC1CC1C=2.[HH]. The third kappa shape index (κ3) is 1.76. The van der Waals surface area contributed by atoms with E-state index in [1.165, 1.54) is 6.42 Å². The molecule has 1 aromatic heterocycles. The fourth-order valence-corrected chi connectivity index (χ4v) is 2.07. The van der Waals surface area contributed by atoms with Gasteiger partial charge >= 0.3 is 0 Å². The van der Waals surface area contributed by atoms with Crippen LogP contribution in [0.4, 0.5) is 0 Å². The van der Waals surface area contributed by atoms with Gasteiger partial charge in [0.15, 0.2) is 5.43 Å². The highest BCUT2D eigenvalue weighted by molar-refractivity contribution is 5.47. The highest BCUT2D eigenvalue weighted by Gasteiger charge is 2.34. The maximum atomic E-state index is 11.6. The molecule has 3 rings (SSSR count). The van der Waals surface area contributed by atoms with Gasteiger partial charge in [0.25, 0.3) is 0 Å². The Bertz CT molecular complexity index is 544. The van der Waals surface area contributed by atoms with Gasteiger partial charge < -0.3 is 4.98 Å². The predicted octanol–water partition coefficient (Wildman–Crippen LogP) is 1.17. The maximum Gasteiger partial charge on any atom is 0.189 e. The Kier molecular flexibility index (Phi) is 2.51. The molecule has 2 aliphatic rings.